The molecule has 0 fully saturated rings. The summed E-state index contributed by atoms with van der Waals surface area (Å²) in [6, 6.07) is 97.3. The fraction of sp³-hybridized carbons (Fsp3) is 0. The van der Waals surface area contributed by atoms with Gasteiger partial charge in [-0.2, -0.15) is 0 Å². The molecule has 0 saturated heterocycles. The Morgan fingerprint density at radius 3 is 1.01 bits per heavy atom. The molecule has 75 heavy (non-hydrogen) atoms. The quantitative estimate of drug-likeness (QED) is 0.124. The molecule has 0 bridgehead atoms. The average molecular weight is 973 g/mol. The number of nitrogens with zero attached hydrogens (tertiary/aromatic N) is 2. The van der Waals surface area contributed by atoms with Crippen molar-refractivity contribution in [1.82, 2.24) is 9.13 Å². The van der Waals surface area contributed by atoms with E-state index in [0.717, 1.165) is 0 Å². The first-order valence-corrected chi connectivity index (χ1v) is 26.5. The highest BCUT2D eigenvalue weighted by molar-refractivity contribution is 7.99. The number of aromatic nitrogens is 2. The van der Waals surface area contributed by atoms with Gasteiger partial charge >= 0.3 is 0 Å². The van der Waals surface area contributed by atoms with Crippen LogP contribution in [0.3, 0.4) is 0 Å². The molecule has 0 radical (unpaired) electrons. The first-order chi connectivity index (χ1) is 37.2. The van der Waals surface area contributed by atoms with E-state index in [0.29, 0.717) is 0 Å². The number of fused-ring (bicyclic) bond motifs is 8. The van der Waals surface area contributed by atoms with Gasteiger partial charge in [0, 0.05) is 42.1 Å². The molecule has 0 aliphatic heterocycles. The van der Waals surface area contributed by atoms with Gasteiger partial charge in [0.25, 0.3) is 0 Å². The van der Waals surface area contributed by atoms with Gasteiger partial charge in [-0.25, -0.2) is 0 Å². The van der Waals surface area contributed by atoms with Crippen LogP contribution in [-0.4, -0.2) is 9.13 Å². The van der Waals surface area contributed by atoms with Crippen molar-refractivity contribution in [3.05, 3.63) is 289 Å². The van der Waals surface area contributed by atoms with Crippen molar-refractivity contribution in [3.63, 3.8) is 0 Å². The van der Waals surface area contributed by atoms with E-state index in [9.17, 15) is 0 Å². The summed E-state index contributed by atoms with van der Waals surface area (Å²) in [5.41, 5.74) is 16.8. The van der Waals surface area contributed by atoms with E-state index >= 15 is 0 Å². The molecule has 0 aliphatic carbocycles. The van der Waals surface area contributed by atoms with Crippen LogP contribution in [0.15, 0.2) is 277 Å². The first kappa shape index (κ1) is 44.3. The summed E-state index contributed by atoms with van der Waals surface area (Å²) >= 11 is 1.80. The summed E-state index contributed by atoms with van der Waals surface area (Å²) in [5.74, 6) is 0. The van der Waals surface area contributed by atoms with Crippen molar-refractivity contribution < 1.29 is 0 Å². The van der Waals surface area contributed by atoms with E-state index < -0.39 is 0 Å². The van der Waals surface area contributed by atoms with Gasteiger partial charge in [0.15, 0.2) is 0 Å². The Balaban J connectivity index is 0.739. The smallest absolute Gasteiger partial charge is 0.0541 e. The van der Waals surface area contributed by atoms with E-state index in [1.54, 1.807) is 11.8 Å². The molecule has 2 aromatic heterocycles. The van der Waals surface area contributed by atoms with E-state index in [1.807, 2.05) is 0 Å². The van der Waals surface area contributed by atoms with Gasteiger partial charge < -0.3 is 9.13 Å². The van der Waals surface area contributed by atoms with Crippen molar-refractivity contribution in [1.29, 1.82) is 0 Å². The van der Waals surface area contributed by atoms with Crippen molar-refractivity contribution in [2.24, 2.45) is 0 Å². The van der Waals surface area contributed by atoms with Crippen molar-refractivity contribution in [2.45, 2.75) is 9.79 Å². The second kappa shape index (κ2) is 18.9. The Morgan fingerprint density at radius 1 is 0.240 bits per heavy atom. The normalized spacial score (nSPS) is 11.9. The number of para-hydroxylation sites is 2. The second-order valence-corrected chi connectivity index (χ2v) is 20.4. The Morgan fingerprint density at radius 2 is 0.587 bits per heavy atom. The highest BCUT2D eigenvalue weighted by Crippen LogP contribution is 2.42. The van der Waals surface area contributed by atoms with Crippen LogP contribution < -0.4 is 0 Å². The molecule has 0 aliphatic rings. The number of rotatable bonds is 10. The SMILES string of the molecule is C(=Cc1ccc2c(c1)c1ccccc1n2-c1ccc(-c2ccc(Sc3ccc(-c4ccc(-n5c6ccccc6c6cc(C=Cc7ccccc7)ccc65)c5ccccc45)cc3)cc2)c2ccccc12)c1ccccc1. The van der Waals surface area contributed by atoms with Crippen LogP contribution >= 0.6 is 11.8 Å². The van der Waals surface area contributed by atoms with E-state index in [2.05, 4.69) is 300 Å². The molecular weight excluding hydrogens is 925 g/mol. The molecule has 2 heterocycles. The van der Waals surface area contributed by atoms with Gasteiger partial charge in [-0.15, -0.1) is 0 Å². The average Bonchev–Trinajstić information content (AvgIpc) is 3.99. The van der Waals surface area contributed by atoms with Crippen LogP contribution in [0.2, 0.25) is 0 Å². The second-order valence-electron chi connectivity index (χ2n) is 19.3. The van der Waals surface area contributed by atoms with Gasteiger partial charge in [-0.3, -0.25) is 0 Å². The molecule has 3 heteroatoms. The summed E-state index contributed by atoms with van der Waals surface area (Å²) in [5, 5.41) is 9.91. The van der Waals surface area contributed by atoms with Crippen LogP contribution in [0.25, 0.3) is 123 Å². The third-order valence-corrected chi connectivity index (χ3v) is 15.8. The molecule has 12 aromatic carbocycles. The standard InChI is InChI=1S/C72H48N2S/c1-3-15-49(16-4-1)27-29-51-31-43-71-65(47-51)63-23-11-13-25-67(63)73(71)69-45-41-57(59-19-7-9-21-61(59)69)53-33-37-55(38-34-53)75-56-39-35-54(36-40-56)58-42-46-70(62-22-10-8-20-60(58)62)74-68-26-14-12-24-64(68)66-48-52(32-44-72(66)74)30-28-50-17-5-2-6-18-50/h1-48H. The number of hydrogen-bond acceptors (Lipinski definition) is 1. The highest BCUT2D eigenvalue weighted by atomic mass is 32.2. The molecule has 2 nitrogen and oxygen atoms in total. The van der Waals surface area contributed by atoms with Crippen molar-refractivity contribution in [3.8, 4) is 33.6 Å². The molecule has 0 spiro atoms. The zero-order valence-corrected chi connectivity index (χ0v) is 41.8. The Bertz CT molecular complexity index is 4230. The summed E-state index contributed by atoms with van der Waals surface area (Å²) in [4.78, 5) is 2.41. The van der Waals surface area contributed by atoms with Crippen LogP contribution in [0.4, 0.5) is 0 Å². The summed E-state index contributed by atoms with van der Waals surface area (Å²) in [6.07, 6.45) is 8.79. The lowest BCUT2D eigenvalue weighted by atomic mass is 9.97. The molecule has 0 N–H and O–H groups in total. The van der Waals surface area contributed by atoms with Gasteiger partial charge in [0.1, 0.15) is 0 Å². The highest BCUT2D eigenvalue weighted by Gasteiger charge is 2.18. The minimum Gasteiger partial charge on any atom is -0.309 e. The minimum atomic E-state index is 1.18. The maximum absolute atomic E-state index is 2.44. The molecule has 0 atom stereocenters. The summed E-state index contributed by atoms with van der Waals surface area (Å²) < 4.78 is 4.89. The first-order valence-electron chi connectivity index (χ1n) is 25.6. The van der Waals surface area contributed by atoms with Crippen LogP contribution in [0.1, 0.15) is 22.3 Å². The topological polar surface area (TPSA) is 9.86 Å². The fourth-order valence-corrected chi connectivity index (χ4v) is 12.0. The van der Waals surface area contributed by atoms with Crippen molar-refractivity contribution in [2.75, 3.05) is 0 Å². The lowest BCUT2D eigenvalue weighted by Gasteiger charge is -2.15. The van der Waals surface area contributed by atoms with E-state index in [4.69, 9.17) is 0 Å². The minimum absolute atomic E-state index is 1.18. The van der Waals surface area contributed by atoms with Crippen LogP contribution in [0, 0.1) is 0 Å². The maximum Gasteiger partial charge on any atom is 0.0541 e. The van der Waals surface area contributed by atoms with Gasteiger partial charge in [-0.1, -0.05) is 230 Å². The Hall–Kier alpha value is -9.41. The zero-order valence-electron chi connectivity index (χ0n) is 41.0. The third-order valence-electron chi connectivity index (χ3n) is 14.8. The number of benzene rings is 12. The van der Waals surface area contributed by atoms with Crippen molar-refractivity contribution >= 4 is 101 Å². The molecule has 14 rings (SSSR count). The van der Waals surface area contributed by atoms with E-state index in [-0.39, 0.29) is 0 Å². The monoisotopic (exact) mass is 972 g/mol. The predicted octanol–water partition coefficient (Wildman–Crippen LogP) is 20.0. The third kappa shape index (κ3) is 8.11. The van der Waals surface area contributed by atoms with Gasteiger partial charge in [-0.05, 0) is 128 Å². The molecule has 0 saturated carbocycles. The molecule has 0 amide bonds. The van der Waals surface area contributed by atoms with E-state index in [1.165, 1.54) is 131 Å². The Labute approximate surface area is 440 Å². The molecule has 14 aromatic rings. The van der Waals surface area contributed by atoms with Crippen LogP contribution in [0.5, 0.6) is 0 Å². The summed E-state index contributed by atoms with van der Waals surface area (Å²) in [7, 11) is 0. The lowest BCUT2D eigenvalue weighted by Crippen LogP contribution is -1.96. The number of hydrogen-bond donors (Lipinski definition) is 0. The van der Waals surface area contributed by atoms with Gasteiger partial charge in [0.05, 0.1) is 33.4 Å². The molecule has 352 valence electrons. The molecular formula is C72H48N2S. The lowest BCUT2D eigenvalue weighted by molar-refractivity contribution is 1.20. The maximum atomic E-state index is 2.44. The van der Waals surface area contributed by atoms with Gasteiger partial charge in [0.2, 0.25) is 0 Å². The molecule has 0 unspecified atom stereocenters. The Kier molecular flexibility index (Phi) is 11.2. The van der Waals surface area contributed by atoms with Crippen LogP contribution in [-0.2, 0) is 0 Å². The predicted molar refractivity (Wildman–Crippen MR) is 322 cm³/mol. The largest absolute Gasteiger partial charge is 0.309 e. The fourth-order valence-electron chi connectivity index (χ4n) is 11.2. The zero-order chi connectivity index (χ0) is 49.7. The summed E-state index contributed by atoms with van der Waals surface area (Å²) in [6.45, 7) is 0.